The highest BCUT2D eigenvalue weighted by Crippen LogP contribution is 2.44. The van der Waals surface area contributed by atoms with Crippen molar-refractivity contribution in [3.8, 4) is 6.07 Å². The number of pyridine rings is 1. The van der Waals surface area contributed by atoms with E-state index in [1.807, 2.05) is 0 Å². The molecule has 3 unspecified atom stereocenters. The monoisotopic (exact) mass is 499 g/mol. The fraction of sp³-hybridized carbons (Fsp3) is 0.565. The Bertz CT molecular complexity index is 1180. The van der Waals surface area contributed by atoms with E-state index in [2.05, 4.69) is 31.2 Å². The highest BCUT2D eigenvalue weighted by Gasteiger charge is 2.44. The quantitative estimate of drug-likeness (QED) is 0.636. The van der Waals surface area contributed by atoms with Gasteiger partial charge in [-0.3, -0.25) is 4.21 Å². The van der Waals surface area contributed by atoms with Gasteiger partial charge in [-0.05, 0) is 19.3 Å². The number of nitriles is 1. The molecule has 6 rings (SSSR count). The van der Waals surface area contributed by atoms with E-state index in [1.165, 1.54) is 0 Å². The number of fused-ring (bicyclic) bond motifs is 2. The van der Waals surface area contributed by atoms with E-state index in [-0.39, 0.29) is 6.61 Å². The Kier molecular flexibility index (Phi) is 5.39. The van der Waals surface area contributed by atoms with E-state index >= 15 is 0 Å². The largest absolute Gasteiger partial charge is 0.394 e. The molecule has 34 heavy (non-hydrogen) atoms. The van der Waals surface area contributed by atoms with Gasteiger partial charge in [0, 0.05) is 50.2 Å². The summed E-state index contributed by atoms with van der Waals surface area (Å²) in [6, 6.07) is 2.37. The molecule has 3 fully saturated rings. The van der Waals surface area contributed by atoms with Crippen molar-refractivity contribution in [2.75, 3.05) is 53.7 Å². The van der Waals surface area contributed by atoms with Crippen molar-refractivity contribution >= 4 is 39.9 Å². The minimum Gasteiger partial charge on any atom is -0.394 e. The first-order valence-corrected chi connectivity index (χ1v) is 13.4. The molecule has 2 aromatic rings. The molecule has 2 aromatic heterocycles. The number of hydrogen-bond acceptors (Lipinski definition) is 9. The summed E-state index contributed by atoms with van der Waals surface area (Å²) in [6.07, 6.45) is 6.59. The van der Waals surface area contributed by atoms with E-state index in [0.29, 0.717) is 56.9 Å². The molecular weight excluding hydrogens is 474 g/mol. The van der Waals surface area contributed by atoms with Gasteiger partial charge in [-0.1, -0.05) is 11.6 Å². The predicted molar refractivity (Wildman–Crippen MR) is 130 cm³/mol. The van der Waals surface area contributed by atoms with Gasteiger partial charge >= 0.3 is 0 Å². The van der Waals surface area contributed by atoms with Crippen LogP contribution in [0, 0.1) is 23.2 Å². The molecule has 0 radical (unpaired) electrons. The maximum atomic E-state index is 12.8. The number of halogens is 1. The van der Waals surface area contributed by atoms with Crippen LogP contribution in [0.4, 0.5) is 17.5 Å². The average molecular weight is 500 g/mol. The van der Waals surface area contributed by atoms with Crippen LogP contribution in [0.1, 0.15) is 30.5 Å². The first-order chi connectivity index (χ1) is 16.5. The summed E-state index contributed by atoms with van der Waals surface area (Å²) in [6.45, 7) is 3.27. The number of aliphatic hydroxyl groups is 1. The van der Waals surface area contributed by atoms with Gasteiger partial charge in [0.15, 0.2) is 0 Å². The second kappa shape index (κ2) is 8.33. The highest BCUT2D eigenvalue weighted by molar-refractivity contribution is 7.85. The lowest BCUT2D eigenvalue weighted by Crippen LogP contribution is -2.48. The Labute approximate surface area is 205 Å². The van der Waals surface area contributed by atoms with Crippen LogP contribution < -0.4 is 15.1 Å². The highest BCUT2D eigenvalue weighted by atomic mass is 35.5. The molecule has 3 atom stereocenters. The first kappa shape index (κ1) is 22.0. The molecule has 2 saturated heterocycles. The van der Waals surface area contributed by atoms with Crippen molar-refractivity contribution in [1.29, 1.82) is 5.26 Å². The van der Waals surface area contributed by atoms with Crippen LogP contribution >= 0.6 is 11.6 Å². The maximum absolute atomic E-state index is 12.8. The molecule has 11 heteroatoms. The Balaban J connectivity index is 1.29. The zero-order valence-electron chi connectivity index (χ0n) is 18.7. The van der Waals surface area contributed by atoms with Crippen LogP contribution in [0.2, 0.25) is 5.02 Å². The topological polar surface area (TPSA) is 118 Å². The van der Waals surface area contributed by atoms with E-state index < -0.39 is 16.3 Å². The lowest BCUT2D eigenvalue weighted by Gasteiger charge is -2.42. The predicted octanol–water partition coefficient (Wildman–Crippen LogP) is 1.96. The number of nitrogens with zero attached hydrogens (tertiary/aromatic N) is 6. The van der Waals surface area contributed by atoms with E-state index in [1.54, 1.807) is 12.4 Å². The molecule has 0 amide bonds. The molecule has 0 bridgehead atoms. The minimum atomic E-state index is -1.18. The normalized spacial score (nSPS) is 26.7. The number of aromatic nitrogens is 3. The Morgan fingerprint density at radius 1 is 1.21 bits per heavy atom. The lowest BCUT2D eigenvalue weighted by atomic mass is 9.77. The molecular formula is C23H26ClN7O2S. The smallest absolute Gasteiger partial charge is 0.225 e. The molecule has 178 valence electrons. The number of aliphatic hydroxyl groups excluding tert-OH is 1. The summed E-state index contributed by atoms with van der Waals surface area (Å²) < 4.78 is 12.8. The van der Waals surface area contributed by atoms with Crippen LogP contribution in [0.3, 0.4) is 0 Å². The van der Waals surface area contributed by atoms with Crippen LogP contribution in [0.15, 0.2) is 17.3 Å². The number of anilines is 3. The van der Waals surface area contributed by atoms with Crippen molar-refractivity contribution in [2.24, 2.45) is 11.8 Å². The third-order valence-corrected chi connectivity index (χ3v) is 9.41. The molecule has 1 saturated carbocycles. The standard InChI is InChI=1S/C23H26ClN7O2S/c24-16-7-26-22(27-8-16)31-11-14-9-30(10-15(14)12-31)21-17(6-25)19(29-23(13-32)3-1-4-23)20-18(28-21)2-5-34(20)33/h7-8,14-15,32H,1-5,9-13H2,(H,28,29). The Morgan fingerprint density at radius 3 is 2.47 bits per heavy atom. The first-order valence-electron chi connectivity index (χ1n) is 11.7. The zero-order chi connectivity index (χ0) is 23.4. The number of rotatable bonds is 5. The molecule has 3 aliphatic heterocycles. The third kappa shape index (κ3) is 3.53. The van der Waals surface area contributed by atoms with Gasteiger partial charge in [0.05, 0.1) is 56.6 Å². The molecule has 0 aromatic carbocycles. The SMILES string of the molecule is N#Cc1c(N2CC3CN(c4ncc(Cl)cn4)CC3C2)nc2c(c1NC1(CO)CCC1)S(=O)CC2. The van der Waals surface area contributed by atoms with Gasteiger partial charge < -0.3 is 20.2 Å². The van der Waals surface area contributed by atoms with E-state index in [0.717, 1.165) is 51.1 Å². The summed E-state index contributed by atoms with van der Waals surface area (Å²) in [5.74, 6) is 2.74. The summed E-state index contributed by atoms with van der Waals surface area (Å²) in [7, 11) is -1.18. The zero-order valence-corrected chi connectivity index (χ0v) is 20.3. The van der Waals surface area contributed by atoms with Crippen molar-refractivity contribution < 1.29 is 9.32 Å². The van der Waals surface area contributed by atoms with Crippen LogP contribution in [0.25, 0.3) is 0 Å². The number of hydrogen-bond donors (Lipinski definition) is 2. The fourth-order valence-corrected chi connectivity index (χ4v) is 7.23. The van der Waals surface area contributed by atoms with Gasteiger partial charge in [-0.15, -0.1) is 0 Å². The van der Waals surface area contributed by atoms with Crippen LogP contribution in [-0.2, 0) is 17.2 Å². The van der Waals surface area contributed by atoms with Crippen LogP contribution in [0.5, 0.6) is 0 Å². The fourth-order valence-electron chi connectivity index (χ4n) is 5.75. The Morgan fingerprint density at radius 2 is 1.88 bits per heavy atom. The van der Waals surface area contributed by atoms with Crippen molar-refractivity contribution in [1.82, 2.24) is 15.0 Å². The van der Waals surface area contributed by atoms with Gasteiger partial charge in [-0.25, -0.2) is 15.0 Å². The van der Waals surface area contributed by atoms with Gasteiger partial charge in [0.2, 0.25) is 5.95 Å². The summed E-state index contributed by atoms with van der Waals surface area (Å²) in [5, 5.41) is 24.2. The van der Waals surface area contributed by atoms with Gasteiger partial charge in [-0.2, -0.15) is 5.26 Å². The van der Waals surface area contributed by atoms with E-state index in [9.17, 15) is 14.6 Å². The van der Waals surface area contributed by atoms with Crippen LogP contribution in [-0.4, -0.2) is 68.3 Å². The van der Waals surface area contributed by atoms with E-state index in [4.69, 9.17) is 16.6 Å². The van der Waals surface area contributed by atoms with Crippen molar-refractivity contribution in [3.05, 3.63) is 28.7 Å². The Hall–Kier alpha value is -2.48. The molecule has 0 spiro atoms. The minimum absolute atomic E-state index is 0.00655. The second-order valence-electron chi connectivity index (χ2n) is 9.82. The lowest BCUT2D eigenvalue weighted by molar-refractivity contribution is 0.144. The second-order valence-corrected chi connectivity index (χ2v) is 11.8. The van der Waals surface area contributed by atoms with Crippen molar-refractivity contribution in [3.63, 3.8) is 0 Å². The molecule has 9 nitrogen and oxygen atoms in total. The number of aryl methyl sites for hydroxylation is 1. The average Bonchev–Trinajstić information content (AvgIpc) is 3.49. The third-order valence-electron chi connectivity index (χ3n) is 7.75. The molecule has 2 N–H and O–H groups in total. The summed E-state index contributed by atoms with van der Waals surface area (Å²) >= 11 is 5.93. The van der Waals surface area contributed by atoms with Gasteiger partial charge in [0.1, 0.15) is 17.5 Å². The molecule has 1 aliphatic carbocycles. The summed E-state index contributed by atoms with van der Waals surface area (Å²) in [5.41, 5.74) is 1.45. The number of nitrogens with one attached hydrogen (secondary N) is 1. The van der Waals surface area contributed by atoms with Crippen molar-refractivity contribution in [2.45, 2.75) is 36.1 Å². The maximum Gasteiger partial charge on any atom is 0.225 e. The molecule has 5 heterocycles. The van der Waals surface area contributed by atoms with Gasteiger partial charge in [0.25, 0.3) is 0 Å². The molecule has 4 aliphatic rings. The summed E-state index contributed by atoms with van der Waals surface area (Å²) in [4.78, 5) is 18.7.